The van der Waals surface area contributed by atoms with Crippen LogP contribution in [-0.4, -0.2) is 51.8 Å². The minimum Gasteiger partial charge on any atom is -0.383 e. The molecule has 0 aromatic rings. The van der Waals surface area contributed by atoms with Gasteiger partial charge in [-0.05, 0) is 12.3 Å². The van der Waals surface area contributed by atoms with Gasteiger partial charge in [0.25, 0.3) is 0 Å². The minimum absolute atomic E-state index is 0.189. The van der Waals surface area contributed by atoms with Gasteiger partial charge in [-0.25, -0.2) is 8.42 Å². The van der Waals surface area contributed by atoms with E-state index in [9.17, 15) is 8.42 Å². The van der Waals surface area contributed by atoms with Crippen molar-refractivity contribution in [2.45, 2.75) is 20.3 Å². The number of nitrogens with zero attached hydrogens (tertiary/aromatic N) is 1. The third kappa shape index (κ3) is 6.42. The molecule has 0 rings (SSSR count). The molecule has 0 aliphatic rings. The molecule has 0 aliphatic carbocycles. The summed E-state index contributed by atoms with van der Waals surface area (Å²) >= 11 is 0. The van der Waals surface area contributed by atoms with Gasteiger partial charge in [-0.15, -0.1) is 0 Å². The maximum atomic E-state index is 11.9. The van der Waals surface area contributed by atoms with Gasteiger partial charge in [0.05, 0.1) is 12.4 Å². The molecule has 0 aliphatic heterocycles. The van der Waals surface area contributed by atoms with Crippen LogP contribution in [0.3, 0.4) is 0 Å². The van der Waals surface area contributed by atoms with Crippen LogP contribution in [0.25, 0.3) is 0 Å². The fraction of sp³-hybridized carbons (Fsp3) is 1.00. The Bertz CT molecular complexity index is 265. The van der Waals surface area contributed by atoms with Gasteiger partial charge in [0.2, 0.25) is 10.0 Å². The summed E-state index contributed by atoms with van der Waals surface area (Å²) in [6, 6.07) is 0. The number of rotatable bonds is 9. The van der Waals surface area contributed by atoms with Crippen molar-refractivity contribution < 1.29 is 13.2 Å². The highest BCUT2D eigenvalue weighted by Gasteiger charge is 2.20. The van der Waals surface area contributed by atoms with Crippen LogP contribution in [0.2, 0.25) is 0 Å². The van der Waals surface area contributed by atoms with Gasteiger partial charge in [-0.2, -0.15) is 4.31 Å². The van der Waals surface area contributed by atoms with Crippen LogP contribution in [0.4, 0.5) is 0 Å². The molecule has 5 nitrogen and oxygen atoms in total. The molecular formula is C10H24N2O3S. The van der Waals surface area contributed by atoms with E-state index >= 15 is 0 Å². The Labute approximate surface area is 99.0 Å². The second-order valence-electron chi connectivity index (χ2n) is 4.18. The molecule has 0 amide bonds. The Balaban J connectivity index is 4.37. The molecule has 0 spiro atoms. The lowest BCUT2D eigenvalue weighted by Gasteiger charge is -2.21. The number of ether oxygens (including phenoxy) is 1. The van der Waals surface area contributed by atoms with Crippen molar-refractivity contribution in [1.82, 2.24) is 4.31 Å². The highest BCUT2D eigenvalue weighted by atomic mass is 32.2. The van der Waals surface area contributed by atoms with Crippen molar-refractivity contribution in [3.05, 3.63) is 0 Å². The SMILES string of the molecule is COCCN(CCN)S(=O)(=O)CCC(C)C. The van der Waals surface area contributed by atoms with Crippen LogP contribution in [0.15, 0.2) is 0 Å². The molecule has 0 heterocycles. The van der Waals surface area contributed by atoms with Crippen molar-refractivity contribution in [2.24, 2.45) is 11.7 Å². The second-order valence-corrected chi connectivity index (χ2v) is 6.27. The lowest BCUT2D eigenvalue weighted by Crippen LogP contribution is -2.39. The van der Waals surface area contributed by atoms with Crippen LogP contribution >= 0.6 is 0 Å². The van der Waals surface area contributed by atoms with Crippen LogP contribution in [0.5, 0.6) is 0 Å². The Morgan fingerprint density at radius 2 is 1.94 bits per heavy atom. The molecule has 0 radical (unpaired) electrons. The Kier molecular flexibility index (Phi) is 7.91. The van der Waals surface area contributed by atoms with E-state index in [1.54, 1.807) is 7.11 Å². The summed E-state index contributed by atoms with van der Waals surface area (Å²) in [7, 11) is -1.62. The van der Waals surface area contributed by atoms with Crippen molar-refractivity contribution >= 4 is 10.0 Å². The summed E-state index contributed by atoms with van der Waals surface area (Å²) in [6.45, 7) is 5.51. The number of hydrogen-bond acceptors (Lipinski definition) is 4. The summed E-state index contributed by atoms with van der Waals surface area (Å²) in [5.74, 6) is 0.575. The van der Waals surface area contributed by atoms with Crippen LogP contribution in [-0.2, 0) is 14.8 Å². The number of hydrogen-bond donors (Lipinski definition) is 1. The minimum atomic E-state index is -3.18. The van der Waals surface area contributed by atoms with Crippen molar-refractivity contribution in [2.75, 3.05) is 39.1 Å². The molecule has 98 valence electrons. The van der Waals surface area contributed by atoms with Gasteiger partial charge in [-0.3, -0.25) is 0 Å². The van der Waals surface area contributed by atoms with Crippen LogP contribution < -0.4 is 5.73 Å². The van der Waals surface area contributed by atoms with Gasteiger partial charge in [0, 0.05) is 26.7 Å². The zero-order chi connectivity index (χ0) is 12.6. The molecule has 6 heteroatoms. The van der Waals surface area contributed by atoms with Crippen molar-refractivity contribution in [3.63, 3.8) is 0 Å². The molecule has 0 bridgehead atoms. The zero-order valence-electron chi connectivity index (χ0n) is 10.5. The van der Waals surface area contributed by atoms with E-state index in [0.29, 0.717) is 38.6 Å². The van der Waals surface area contributed by atoms with Gasteiger partial charge in [-0.1, -0.05) is 13.8 Å². The lowest BCUT2D eigenvalue weighted by atomic mass is 10.2. The number of methoxy groups -OCH3 is 1. The highest BCUT2D eigenvalue weighted by molar-refractivity contribution is 7.89. The molecule has 0 fully saturated rings. The van der Waals surface area contributed by atoms with E-state index in [-0.39, 0.29) is 5.75 Å². The predicted molar refractivity (Wildman–Crippen MR) is 65.7 cm³/mol. The quantitative estimate of drug-likeness (QED) is 0.639. The average molecular weight is 252 g/mol. The summed E-state index contributed by atoms with van der Waals surface area (Å²) in [4.78, 5) is 0. The first kappa shape index (κ1) is 15.8. The molecule has 0 unspecified atom stereocenters. The van der Waals surface area contributed by atoms with Gasteiger partial charge < -0.3 is 10.5 Å². The molecule has 0 saturated heterocycles. The van der Waals surface area contributed by atoms with Gasteiger partial charge in [0.15, 0.2) is 0 Å². The fourth-order valence-corrected chi connectivity index (χ4v) is 3.00. The monoisotopic (exact) mass is 252 g/mol. The molecule has 16 heavy (non-hydrogen) atoms. The molecule has 0 atom stereocenters. The van der Waals surface area contributed by atoms with E-state index in [1.165, 1.54) is 4.31 Å². The zero-order valence-corrected chi connectivity index (χ0v) is 11.3. The van der Waals surface area contributed by atoms with E-state index in [4.69, 9.17) is 10.5 Å². The largest absolute Gasteiger partial charge is 0.383 e. The first-order chi connectivity index (χ1) is 7.44. The lowest BCUT2D eigenvalue weighted by molar-refractivity contribution is 0.179. The predicted octanol–water partition coefficient (Wildman–Crippen LogP) is 0.269. The fourth-order valence-electron chi connectivity index (χ4n) is 1.24. The average Bonchev–Trinajstić information content (AvgIpc) is 2.21. The Morgan fingerprint density at radius 3 is 2.38 bits per heavy atom. The highest BCUT2D eigenvalue weighted by Crippen LogP contribution is 2.07. The smallest absolute Gasteiger partial charge is 0.214 e. The molecule has 0 aromatic carbocycles. The first-order valence-corrected chi connectivity index (χ1v) is 7.21. The molecule has 2 N–H and O–H groups in total. The summed E-state index contributed by atoms with van der Waals surface area (Å²) in [6.07, 6.45) is 0.677. The summed E-state index contributed by atoms with van der Waals surface area (Å²) in [5, 5.41) is 0. The number of sulfonamides is 1. The third-order valence-electron chi connectivity index (χ3n) is 2.27. The Morgan fingerprint density at radius 1 is 1.31 bits per heavy atom. The standard InChI is InChI=1S/C10H24N2O3S/c1-10(2)4-9-16(13,14)12(6-5-11)7-8-15-3/h10H,4-9,11H2,1-3H3. The van der Waals surface area contributed by atoms with Crippen molar-refractivity contribution in [3.8, 4) is 0 Å². The topological polar surface area (TPSA) is 72.6 Å². The van der Waals surface area contributed by atoms with E-state index in [2.05, 4.69) is 0 Å². The summed E-state index contributed by atoms with van der Waals surface area (Å²) < 4.78 is 30.2. The number of nitrogens with two attached hydrogens (primary N) is 1. The normalized spacial score (nSPS) is 12.6. The van der Waals surface area contributed by atoms with Gasteiger partial charge >= 0.3 is 0 Å². The third-order valence-corrected chi connectivity index (χ3v) is 4.17. The van der Waals surface area contributed by atoms with Crippen LogP contribution in [0, 0.1) is 5.92 Å². The maximum Gasteiger partial charge on any atom is 0.214 e. The molecule has 0 saturated carbocycles. The van der Waals surface area contributed by atoms with E-state index in [1.807, 2.05) is 13.8 Å². The maximum absolute atomic E-state index is 11.9. The molecule has 0 aromatic heterocycles. The van der Waals surface area contributed by atoms with Gasteiger partial charge in [0.1, 0.15) is 0 Å². The van der Waals surface area contributed by atoms with Crippen molar-refractivity contribution in [1.29, 1.82) is 0 Å². The van der Waals surface area contributed by atoms with Crippen LogP contribution in [0.1, 0.15) is 20.3 Å². The molecular weight excluding hydrogens is 228 g/mol. The Hall–Kier alpha value is -0.170. The first-order valence-electron chi connectivity index (χ1n) is 5.61. The summed E-state index contributed by atoms with van der Waals surface area (Å²) in [5.41, 5.74) is 5.41. The second kappa shape index (κ2) is 8.00. The van der Waals surface area contributed by atoms with E-state index in [0.717, 1.165) is 0 Å². The van der Waals surface area contributed by atoms with E-state index < -0.39 is 10.0 Å².